The first-order chi connectivity index (χ1) is 12.2. The number of nitrogens with zero attached hydrogens (tertiary/aromatic N) is 4. The van der Waals surface area contributed by atoms with Gasteiger partial charge in [0.2, 0.25) is 5.95 Å². The minimum atomic E-state index is 0.371. The van der Waals surface area contributed by atoms with E-state index in [0.717, 1.165) is 44.5 Å². The molecule has 1 fully saturated rings. The zero-order valence-electron chi connectivity index (χ0n) is 15.1. The van der Waals surface area contributed by atoms with Crippen LogP contribution in [0.4, 0.5) is 11.8 Å². The Morgan fingerprint density at radius 2 is 1.84 bits per heavy atom. The van der Waals surface area contributed by atoms with Crippen molar-refractivity contribution in [1.82, 2.24) is 14.9 Å². The minimum Gasteiger partial charge on any atom is -0.368 e. The summed E-state index contributed by atoms with van der Waals surface area (Å²) in [6.07, 6.45) is 6.27. The number of hydrogen-bond acceptors (Lipinski definition) is 5. The lowest BCUT2D eigenvalue weighted by molar-refractivity contribution is 0.283. The summed E-state index contributed by atoms with van der Waals surface area (Å²) in [7, 11) is 0. The zero-order chi connectivity index (χ0) is 17.5. The Balaban J connectivity index is 1.49. The van der Waals surface area contributed by atoms with Crippen LogP contribution in [-0.2, 0) is 0 Å². The highest BCUT2D eigenvalue weighted by Crippen LogP contribution is 2.14. The van der Waals surface area contributed by atoms with Crippen LogP contribution in [0.3, 0.4) is 0 Å². The summed E-state index contributed by atoms with van der Waals surface area (Å²) in [4.78, 5) is 13.8. The fourth-order valence-electron chi connectivity index (χ4n) is 2.91. The highest BCUT2D eigenvalue weighted by Gasteiger charge is 2.18. The van der Waals surface area contributed by atoms with Gasteiger partial charge in [0, 0.05) is 45.0 Å². The Labute approximate surface area is 150 Å². The van der Waals surface area contributed by atoms with Crippen LogP contribution in [0, 0.1) is 0 Å². The zero-order valence-corrected chi connectivity index (χ0v) is 15.1. The number of nitrogens with one attached hydrogen (secondary N) is 1. The summed E-state index contributed by atoms with van der Waals surface area (Å²) in [6.45, 7) is 9.20. The molecular formula is C20H27N5. The number of anilines is 2. The molecule has 1 saturated heterocycles. The standard InChI is InChI=1S/C20H27N5/c1-17(2)22-19-10-11-21-20(23-19)25-15-13-24(14-16-25)12-6-9-18-7-4-3-5-8-18/h3-11,17H,12-16H2,1-2H3,(H,21,22,23)/b9-6+. The Hall–Kier alpha value is -2.40. The lowest BCUT2D eigenvalue weighted by Crippen LogP contribution is -2.47. The Morgan fingerprint density at radius 1 is 1.08 bits per heavy atom. The quantitative estimate of drug-likeness (QED) is 0.877. The van der Waals surface area contributed by atoms with Gasteiger partial charge in [-0.25, -0.2) is 4.98 Å². The number of benzene rings is 1. The van der Waals surface area contributed by atoms with Gasteiger partial charge < -0.3 is 10.2 Å². The third-order valence-corrected chi connectivity index (χ3v) is 4.21. The van der Waals surface area contributed by atoms with Crippen LogP contribution in [0.25, 0.3) is 6.08 Å². The number of aromatic nitrogens is 2. The van der Waals surface area contributed by atoms with E-state index in [4.69, 9.17) is 0 Å². The van der Waals surface area contributed by atoms with Crippen LogP contribution < -0.4 is 10.2 Å². The van der Waals surface area contributed by atoms with Crippen molar-refractivity contribution in [3.8, 4) is 0 Å². The highest BCUT2D eigenvalue weighted by molar-refractivity contribution is 5.48. The number of rotatable bonds is 6. The van der Waals surface area contributed by atoms with E-state index in [2.05, 4.69) is 75.3 Å². The van der Waals surface area contributed by atoms with Crippen LogP contribution in [0.15, 0.2) is 48.7 Å². The summed E-state index contributed by atoms with van der Waals surface area (Å²) in [6, 6.07) is 12.7. The van der Waals surface area contributed by atoms with Crippen molar-refractivity contribution in [2.24, 2.45) is 0 Å². The van der Waals surface area contributed by atoms with Crippen molar-refractivity contribution < 1.29 is 0 Å². The molecule has 2 aromatic rings. The number of hydrogen-bond donors (Lipinski definition) is 1. The predicted molar refractivity (Wildman–Crippen MR) is 105 cm³/mol. The topological polar surface area (TPSA) is 44.3 Å². The molecule has 2 heterocycles. The van der Waals surface area contributed by atoms with Crippen molar-refractivity contribution in [1.29, 1.82) is 0 Å². The molecule has 0 atom stereocenters. The largest absolute Gasteiger partial charge is 0.368 e. The summed E-state index contributed by atoms with van der Waals surface area (Å²) in [5.41, 5.74) is 1.25. The van der Waals surface area contributed by atoms with E-state index in [1.54, 1.807) is 0 Å². The van der Waals surface area contributed by atoms with Gasteiger partial charge >= 0.3 is 0 Å². The molecule has 1 aliphatic heterocycles. The molecule has 3 rings (SSSR count). The lowest BCUT2D eigenvalue weighted by atomic mass is 10.2. The lowest BCUT2D eigenvalue weighted by Gasteiger charge is -2.34. The van der Waals surface area contributed by atoms with E-state index in [0.29, 0.717) is 6.04 Å². The van der Waals surface area contributed by atoms with E-state index in [-0.39, 0.29) is 0 Å². The Morgan fingerprint density at radius 3 is 2.56 bits per heavy atom. The molecule has 1 aromatic heterocycles. The maximum absolute atomic E-state index is 4.63. The second-order valence-electron chi connectivity index (χ2n) is 6.64. The predicted octanol–water partition coefficient (Wildman–Crippen LogP) is 3.13. The van der Waals surface area contributed by atoms with Crippen molar-refractivity contribution in [2.45, 2.75) is 19.9 Å². The van der Waals surface area contributed by atoms with E-state index in [1.165, 1.54) is 5.56 Å². The average molecular weight is 337 g/mol. The van der Waals surface area contributed by atoms with Gasteiger partial charge in [0.15, 0.2) is 0 Å². The highest BCUT2D eigenvalue weighted by atomic mass is 15.3. The van der Waals surface area contributed by atoms with Gasteiger partial charge in [-0.1, -0.05) is 42.5 Å². The van der Waals surface area contributed by atoms with Crippen molar-refractivity contribution in [3.63, 3.8) is 0 Å². The molecule has 1 aliphatic rings. The summed E-state index contributed by atoms with van der Waals surface area (Å²) < 4.78 is 0. The molecule has 0 aliphatic carbocycles. The first-order valence-electron chi connectivity index (χ1n) is 8.99. The van der Waals surface area contributed by atoms with Crippen LogP contribution in [0.2, 0.25) is 0 Å². The van der Waals surface area contributed by atoms with Crippen LogP contribution in [0.1, 0.15) is 19.4 Å². The molecule has 0 saturated carbocycles. The van der Waals surface area contributed by atoms with Crippen LogP contribution >= 0.6 is 0 Å². The Kier molecular flexibility index (Phi) is 6.01. The molecule has 0 spiro atoms. The molecule has 0 radical (unpaired) electrons. The normalized spacial score (nSPS) is 15.9. The van der Waals surface area contributed by atoms with E-state index >= 15 is 0 Å². The van der Waals surface area contributed by atoms with Gasteiger partial charge in [-0.3, -0.25) is 4.90 Å². The maximum Gasteiger partial charge on any atom is 0.227 e. The third-order valence-electron chi connectivity index (χ3n) is 4.21. The average Bonchev–Trinajstić information content (AvgIpc) is 2.63. The van der Waals surface area contributed by atoms with Gasteiger partial charge in [0.05, 0.1) is 0 Å². The second kappa shape index (κ2) is 8.62. The Bertz CT molecular complexity index is 675. The smallest absolute Gasteiger partial charge is 0.227 e. The molecule has 5 nitrogen and oxygen atoms in total. The SMILES string of the molecule is CC(C)Nc1ccnc(N2CCN(C/C=C/c3ccccc3)CC2)n1. The van der Waals surface area contributed by atoms with Crippen molar-refractivity contribution in [3.05, 3.63) is 54.2 Å². The van der Waals surface area contributed by atoms with Crippen molar-refractivity contribution in [2.75, 3.05) is 42.9 Å². The maximum atomic E-state index is 4.63. The molecule has 0 bridgehead atoms. The van der Waals surface area contributed by atoms with Gasteiger partial charge in [-0.05, 0) is 25.5 Å². The molecule has 0 unspecified atom stereocenters. The summed E-state index contributed by atoms with van der Waals surface area (Å²) in [5, 5.41) is 3.34. The summed E-state index contributed by atoms with van der Waals surface area (Å²) >= 11 is 0. The van der Waals surface area contributed by atoms with Crippen LogP contribution in [0.5, 0.6) is 0 Å². The van der Waals surface area contributed by atoms with E-state index < -0.39 is 0 Å². The molecule has 1 N–H and O–H groups in total. The number of piperazine rings is 1. The first-order valence-corrected chi connectivity index (χ1v) is 8.99. The first kappa shape index (κ1) is 17.4. The van der Waals surface area contributed by atoms with Gasteiger partial charge in [0.25, 0.3) is 0 Å². The van der Waals surface area contributed by atoms with Crippen LogP contribution in [-0.4, -0.2) is 53.6 Å². The van der Waals surface area contributed by atoms with E-state index in [9.17, 15) is 0 Å². The van der Waals surface area contributed by atoms with E-state index in [1.807, 2.05) is 18.3 Å². The van der Waals surface area contributed by atoms with Gasteiger partial charge in [-0.2, -0.15) is 4.98 Å². The molecule has 132 valence electrons. The second-order valence-corrected chi connectivity index (χ2v) is 6.64. The minimum absolute atomic E-state index is 0.371. The monoisotopic (exact) mass is 337 g/mol. The molecule has 25 heavy (non-hydrogen) atoms. The molecule has 1 aromatic carbocycles. The molecule has 0 amide bonds. The molecule has 5 heteroatoms. The summed E-state index contributed by atoms with van der Waals surface area (Å²) in [5.74, 6) is 1.72. The molecular weight excluding hydrogens is 310 g/mol. The van der Waals surface area contributed by atoms with Gasteiger partial charge in [-0.15, -0.1) is 0 Å². The third kappa shape index (κ3) is 5.29. The fraction of sp³-hybridized carbons (Fsp3) is 0.400. The van der Waals surface area contributed by atoms with Gasteiger partial charge in [0.1, 0.15) is 5.82 Å². The fourth-order valence-corrected chi connectivity index (χ4v) is 2.91. The van der Waals surface area contributed by atoms with Crippen molar-refractivity contribution >= 4 is 17.8 Å².